The van der Waals surface area contributed by atoms with Gasteiger partial charge in [-0.1, -0.05) is 68.8 Å². The molecule has 1 amide bonds. The average molecular weight is 445 g/mol. The van der Waals surface area contributed by atoms with Crippen molar-refractivity contribution in [2.24, 2.45) is 11.8 Å². The molecule has 0 spiro atoms. The number of ether oxygens (including phenoxy) is 1. The van der Waals surface area contributed by atoms with Gasteiger partial charge >= 0.3 is 5.97 Å². The maximum atomic E-state index is 12.6. The molecule has 1 fully saturated rings. The highest BCUT2D eigenvalue weighted by molar-refractivity contribution is 7.99. The molecule has 1 saturated carbocycles. The zero-order valence-electron chi connectivity index (χ0n) is 18.5. The van der Waals surface area contributed by atoms with E-state index in [1.54, 1.807) is 6.92 Å². The van der Waals surface area contributed by atoms with E-state index in [9.17, 15) is 9.59 Å². The number of hydrogen-bond donors (Lipinski definition) is 1. The quantitative estimate of drug-likeness (QED) is 0.471. The Hall–Kier alpha value is -2.35. The summed E-state index contributed by atoms with van der Waals surface area (Å²) in [4.78, 5) is 24.6. The van der Waals surface area contributed by atoms with Crippen LogP contribution in [0.1, 0.15) is 51.4 Å². The summed E-state index contributed by atoms with van der Waals surface area (Å²) in [6, 6.07) is 10.2. The summed E-state index contributed by atoms with van der Waals surface area (Å²) < 4.78 is 6.97. The summed E-state index contributed by atoms with van der Waals surface area (Å²) in [5.74, 6) is 1.60. The lowest BCUT2D eigenvalue weighted by Crippen LogP contribution is -2.44. The van der Waals surface area contributed by atoms with Gasteiger partial charge in [-0.25, -0.2) is 0 Å². The van der Waals surface area contributed by atoms with Crippen LogP contribution in [0.2, 0.25) is 0 Å². The van der Waals surface area contributed by atoms with Crippen LogP contribution in [0.5, 0.6) is 0 Å². The molecule has 0 unspecified atom stereocenters. The zero-order chi connectivity index (χ0) is 22.2. The fraction of sp³-hybridized carbons (Fsp3) is 0.565. The van der Waals surface area contributed by atoms with E-state index in [4.69, 9.17) is 4.74 Å². The van der Waals surface area contributed by atoms with Gasteiger partial charge < -0.3 is 14.6 Å². The Bertz CT molecular complexity index is 871. The Kier molecular flexibility index (Phi) is 8.51. The van der Waals surface area contributed by atoms with Crippen LogP contribution in [0.15, 0.2) is 35.5 Å². The van der Waals surface area contributed by atoms with E-state index >= 15 is 0 Å². The van der Waals surface area contributed by atoms with E-state index in [0.29, 0.717) is 36.0 Å². The smallest absolute Gasteiger partial charge is 0.313 e. The van der Waals surface area contributed by atoms with Crippen LogP contribution in [-0.2, 0) is 27.3 Å². The zero-order valence-corrected chi connectivity index (χ0v) is 19.4. The predicted molar refractivity (Wildman–Crippen MR) is 121 cm³/mol. The van der Waals surface area contributed by atoms with Gasteiger partial charge in [0.05, 0.1) is 18.9 Å². The van der Waals surface area contributed by atoms with E-state index in [0.717, 1.165) is 18.4 Å². The maximum absolute atomic E-state index is 12.6. The second kappa shape index (κ2) is 11.3. The first-order valence-corrected chi connectivity index (χ1v) is 12.0. The first-order valence-electron chi connectivity index (χ1n) is 11.0. The molecule has 0 saturated heterocycles. The molecule has 168 valence electrons. The van der Waals surface area contributed by atoms with Crippen LogP contribution in [0.25, 0.3) is 0 Å². The molecular weight excluding hydrogens is 412 g/mol. The number of hydrogen-bond acceptors (Lipinski definition) is 6. The summed E-state index contributed by atoms with van der Waals surface area (Å²) in [6.07, 6.45) is 3.48. The van der Waals surface area contributed by atoms with Crippen molar-refractivity contribution in [3.8, 4) is 0 Å². The van der Waals surface area contributed by atoms with E-state index < -0.39 is 0 Å². The molecule has 0 aliphatic heterocycles. The number of esters is 1. The van der Waals surface area contributed by atoms with Gasteiger partial charge in [-0.05, 0) is 30.7 Å². The van der Waals surface area contributed by atoms with Gasteiger partial charge in [0.15, 0.2) is 5.16 Å². The molecule has 31 heavy (non-hydrogen) atoms. The number of rotatable bonds is 9. The van der Waals surface area contributed by atoms with E-state index in [-0.39, 0.29) is 30.1 Å². The summed E-state index contributed by atoms with van der Waals surface area (Å²) in [5, 5.41) is 12.3. The molecule has 1 aliphatic rings. The Morgan fingerprint density at radius 2 is 1.97 bits per heavy atom. The third kappa shape index (κ3) is 6.56. The van der Waals surface area contributed by atoms with Gasteiger partial charge in [0.25, 0.3) is 0 Å². The summed E-state index contributed by atoms with van der Waals surface area (Å²) >= 11 is 1.35. The largest absolute Gasteiger partial charge is 0.466 e. The lowest BCUT2D eigenvalue weighted by atomic mass is 9.78. The molecule has 0 radical (unpaired) electrons. The van der Waals surface area contributed by atoms with E-state index in [1.807, 2.05) is 34.9 Å². The van der Waals surface area contributed by atoms with Crippen LogP contribution in [-0.4, -0.2) is 45.0 Å². The first-order chi connectivity index (χ1) is 15.0. The van der Waals surface area contributed by atoms with Crippen molar-refractivity contribution in [2.75, 3.05) is 12.4 Å². The summed E-state index contributed by atoms with van der Waals surface area (Å²) in [6.45, 7) is 7.12. The summed E-state index contributed by atoms with van der Waals surface area (Å²) in [7, 11) is 0. The molecule has 3 atom stereocenters. The molecule has 8 heteroatoms. The normalized spacial score (nSPS) is 20.9. The third-order valence-electron chi connectivity index (χ3n) is 5.97. The molecule has 1 aliphatic carbocycles. The third-order valence-corrected chi connectivity index (χ3v) is 6.94. The second-order valence-electron chi connectivity index (χ2n) is 8.18. The fourth-order valence-corrected chi connectivity index (χ4v) is 4.75. The minimum absolute atomic E-state index is 0.0113. The van der Waals surface area contributed by atoms with Crippen LogP contribution < -0.4 is 5.32 Å². The number of nitrogens with zero attached hydrogens (tertiary/aromatic N) is 3. The van der Waals surface area contributed by atoms with Crippen molar-refractivity contribution in [3.63, 3.8) is 0 Å². The fourth-order valence-electron chi connectivity index (χ4n) is 3.99. The number of benzene rings is 1. The second-order valence-corrected chi connectivity index (χ2v) is 9.12. The number of carbonyl (C=O) groups excluding carboxylic acids is 2. The molecule has 2 aromatic rings. The average Bonchev–Trinajstić information content (AvgIpc) is 3.12. The van der Waals surface area contributed by atoms with Crippen LogP contribution in [0, 0.1) is 11.8 Å². The van der Waals surface area contributed by atoms with Crippen molar-refractivity contribution < 1.29 is 14.3 Å². The summed E-state index contributed by atoms with van der Waals surface area (Å²) in [5.41, 5.74) is 1.07. The van der Waals surface area contributed by atoms with Crippen molar-refractivity contribution in [3.05, 3.63) is 41.7 Å². The first kappa shape index (κ1) is 23.3. The minimum atomic E-state index is -0.334. The molecular formula is C23H32N4O3S. The maximum Gasteiger partial charge on any atom is 0.313 e. The Labute approximate surface area is 188 Å². The number of nitrogens with one attached hydrogen (secondary N) is 1. The monoisotopic (exact) mass is 444 g/mol. The minimum Gasteiger partial charge on any atom is -0.466 e. The van der Waals surface area contributed by atoms with Crippen LogP contribution in [0.3, 0.4) is 0 Å². The number of amides is 1. The van der Waals surface area contributed by atoms with Crippen molar-refractivity contribution in [2.45, 2.75) is 64.2 Å². The van der Waals surface area contributed by atoms with Gasteiger partial charge in [-0.15, -0.1) is 10.2 Å². The van der Waals surface area contributed by atoms with Gasteiger partial charge in [0.1, 0.15) is 12.2 Å². The number of aromatic nitrogens is 3. The molecule has 1 aromatic carbocycles. The molecule has 1 N–H and O–H groups in total. The van der Waals surface area contributed by atoms with Gasteiger partial charge in [0, 0.05) is 6.04 Å². The number of thioether (sulfide) groups is 1. The van der Waals surface area contributed by atoms with Crippen molar-refractivity contribution in [1.29, 1.82) is 0 Å². The van der Waals surface area contributed by atoms with E-state index in [2.05, 4.69) is 29.4 Å². The highest BCUT2D eigenvalue weighted by atomic mass is 32.2. The Morgan fingerprint density at radius 3 is 2.71 bits per heavy atom. The number of carbonyl (C=O) groups is 2. The van der Waals surface area contributed by atoms with E-state index in [1.165, 1.54) is 18.2 Å². The molecule has 7 nitrogen and oxygen atoms in total. The van der Waals surface area contributed by atoms with Crippen molar-refractivity contribution in [1.82, 2.24) is 20.1 Å². The van der Waals surface area contributed by atoms with Gasteiger partial charge in [0.2, 0.25) is 5.91 Å². The molecule has 0 bridgehead atoms. The molecule has 3 rings (SSSR count). The Morgan fingerprint density at radius 1 is 1.19 bits per heavy atom. The highest BCUT2D eigenvalue weighted by Crippen LogP contribution is 2.29. The van der Waals surface area contributed by atoms with Gasteiger partial charge in [-0.2, -0.15) is 0 Å². The molecule has 1 heterocycles. The van der Waals surface area contributed by atoms with Crippen LogP contribution >= 0.6 is 11.8 Å². The molecule has 1 aromatic heterocycles. The lowest BCUT2D eigenvalue weighted by Gasteiger charge is -2.34. The Balaban J connectivity index is 1.67. The lowest BCUT2D eigenvalue weighted by molar-refractivity contribution is -0.142. The standard InChI is InChI=1S/C23H32N4O3S/c1-4-30-22(29)13-20-25-26-23(27(20)14-18-10-6-5-7-11-18)31-15-21(28)24-19-12-8-9-16(2)17(19)3/h5-7,10-11,16-17,19H,4,8-9,12-15H2,1-3H3,(H,24,28)/t16-,17-,19+/m0/s1. The van der Waals surface area contributed by atoms with Crippen molar-refractivity contribution >= 4 is 23.6 Å². The van der Waals surface area contributed by atoms with Crippen LogP contribution in [0.4, 0.5) is 0 Å². The topological polar surface area (TPSA) is 86.1 Å². The highest BCUT2D eigenvalue weighted by Gasteiger charge is 2.28. The SMILES string of the molecule is CCOC(=O)Cc1nnc(SCC(=O)N[C@@H]2CCC[C@H](C)[C@@H]2C)n1Cc1ccccc1. The van der Waals surface area contributed by atoms with Gasteiger partial charge in [-0.3, -0.25) is 9.59 Å². The predicted octanol–water partition coefficient (Wildman–Crippen LogP) is 3.47.